The maximum atomic E-state index is 12.9. The summed E-state index contributed by atoms with van der Waals surface area (Å²) in [5.74, 6) is -0.330. The van der Waals surface area contributed by atoms with Crippen LogP contribution in [0.25, 0.3) is 0 Å². The molecule has 5 nitrogen and oxygen atoms in total. The molecule has 120 valence electrons. The molecule has 0 aromatic heterocycles. The number of rotatable bonds is 5. The number of hydrogen-bond acceptors (Lipinski definition) is 3. The van der Waals surface area contributed by atoms with Gasteiger partial charge in [0.05, 0.1) is 11.0 Å². The second-order valence-corrected chi connectivity index (χ2v) is 5.67. The van der Waals surface area contributed by atoms with Crippen LogP contribution in [0.5, 0.6) is 0 Å². The maximum Gasteiger partial charge on any atom is 0.282 e. The van der Waals surface area contributed by atoms with Crippen LogP contribution in [0.15, 0.2) is 54.6 Å². The summed E-state index contributed by atoms with van der Waals surface area (Å²) in [6, 6.07) is 15.5. The Morgan fingerprint density at radius 2 is 1.57 bits per heavy atom. The first-order chi connectivity index (χ1) is 10.9. The Hall–Kier alpha value is -2.69. The Labute approximate surface area is 135 Å². The molecule has 23 heavy (non-hydrogen) atoms. The molecule has 2 aromatic carbocycles. The van der Waals surface area contributed by atoms with Crippen LogP contribution in [0.2, 0.25) is 0 Å². The number of nitro benzene ring substituents is 1. The van der Waals surface area contributed by atoms with Gasteiger partial charge in [-0.25, -0.2) is 0 Å². The van der Waals surface area contributed by atoms with Crippen LogP contribution in [0.4, 0.5) is 5.69 Å². The number of benzene rings is 2. The zero-order valence-electron chi connectivity index (χ0n) is 13.5. The van der Waals surface area contributed by atoms with Crippen molar-refractivity contribution in [1.82, 2.24) is 4.90 Å². The van der Waals surface area contributed by atoms with Gasteiger partial charge < -0.3 is 4.90 Å². The zero-order valence-corrected chi connectivity index (χ0v) is 13.5. The number of nitrogens with zero attached hydrogens (tertiary/aromatic N) is 2. The minimum Gasteiger partial charge on any atom is -0.329 e. The number of para-hydroxylation sites is 1. The third-order valence-corrected chi connectivity index (χ3v) is 3.82. The lowest BCUT2D eigenvalue weighted by Gasteiger charge is -2.33. The molecule has 0 N–H and O–H groups in total. The van der Waals surface area contributed by atoms with Gasteiger partial charge in [-0.3, -0.25) is 14.9 Å². The fourth-order valence-electron chi connectivity index (χ4n) is 2.70. The Balaban J connectivity index is 2.43. The first kappa shape index (κ1) is 16.7. The number of amides is 1. The van der Waals surface area contributed by atoms with Crippen molar-refractivity contribution in [3.05, 3.63) is 75.8 Å². The molecule has 0 spiro atoms. The number of hydrogen-bond donors (Lipinski definition) is 0. The van der Waals surface area contributed by atoms with Crippen LogP contribution < -0.4 is 0 Å². The molecule has 0 aliphatic carbocycles. The van der Waals surface area contributed by atoms with Gasteiger partial charge in [0, 0.05) is 12.1 Å². The van der Waals surface area contributed by atoms with E-state index < -0.39 is 4.92 Å². The molecular weight excluding hydrogens is 292 g/mol. The van der Waals surface area contributed by atoms with Crippen molar-refractivity contribution in [3.63, 3.8) is 0 Å². The van der Waals surface area contributed by atoms with Crippen molar-refractivity contribution in [3.8, 4) is 0 Å². The highest BCUT2D eigenvalue weighted by Gasteiger charge is 2.29. The monoisotopic (exact) mass is 312 g/mol. The lowest BCUT2D eigenvalue weighted by Crippen LogP contribution is -2.39. The van der Waals surface area contributed by atoms with E-state index >= 15 is 0 Å². The van der Waals surface area contributed by atoms with Gasteiger partial charge in [-0.2, -0.15) is 0 Å². The summed E-state index contributed by atoms with van der Waals surface area (Å²) in [6.07, 6.45) is 0. The molecule has 0 saturated heterocycles. The van der Waals surface area contributed by atoms with Gasteiger partial charge in [-0.05, 0) is 32.4 Å². The lowest BCUT2D eigenvalue weighted by molar-refractivity contribution is -0.385. The summed E-state index contributed by atoms with van der Waals surface area (Å²) in [5, 5.41) is 11.2. The zero-order chi connectivity index (χ0) is 17.0. The molecule has 0 aliphatic rings. The average molecular weight is 312 g/mol. The van der Waals surface area contributed by atoms with Crippen LogP contribution in [0.1, 0.15) is 42.7 Å². The number of nitro groups is 1. The van der Waals surface area contributed by atoms with Gasteiger partial charge in [-0.1, -0.05) is 42.5 Å². The van der Waals surface area contributed by atoms with E-state index in [4.69, 9.17) is 0 Å². The average Bonchev–Trinajstić information content (AvgIpc) is 2.55. The molecule has 2 aromatic rings. The van der Waals surface area contributed by atoms with E-state index in [-0.39, 0.29) is 29.2 Å². The maximum absolute atomic E-state index is 12.9. The topological polar surface area (TPSA) is 63.5 Å². The molecule has 0 aliphatic heterocycles. The van der Waals surface area contributed by atoms with Gasteiger partial charge in [0.15, 0.2) is 0 Å². The van der Waals surface area contributed by atoms with E-state index in [1.54, 1.807) is 17.0 Å². The minimum atomic E-state index is -0.515. The highest BCUT2D eigenvalue weighted by molar-refractivity contribution is 5.98. The van der Waals surface area contributed by atoms with Crippen molar-refractivity contribution in [2.24, 2.45) is 0 Å². The van der Waals surface area contributed by atoms with Gasteiger partial charge in [-0.15, -0.1) is 0 Å². The number of carbonyl (C=O) groups is 1. The van der Waals surface area contributed by atoms with Gasteiger partial charge in [0.1, 0.15) is 5.56 Å². The normalized spacial score (nSPS) is 12.0. The molecule has 0 heterocycles. The summed E-state index contributed by atoms with van der Waals surface area (Å²) < 4.78 is 0. The standard InChI is InChI=1S/C18H20N2O3/c1-13(2)19(14(3)15-9-5-4-6-10-15)18(21)16-11-7-8-12-17(16)20(22)23/h4-14H,1-3H3/t14-/m0/s1. The molecule has 2 rings (SSSR count). The van der Waals surface area contributed by atoms with Crippen LogP contribution in [0, 0.1) is 10.1 Å². The van der Waals surface area contributed by atoms with Gasteiger partial charge in [0.2, 0.25) is 0 Å². The van der Waals surface area contributed by atoms with Gasteiger partial charge >= 0.3 is 0 Å². The largest absolute Gasteiger partial charge is 0.329 e. The molecular formula is C18H20N2O3. The predicted octanol–water partition coefficient (Wildman–Crippen LogP) is 4.21. The van der Waals surface area contributed by atoms with Crippen LogP contribution >= 0.6 is 0 Å². The molecule has 0 radical (unpaired) electrons. The fraction of sp³-hybridized carbons (Fsp3) is 0.278. The van der Waals surface area contributed by atoms with Crippen LogP contribution in [-0.2, 0) is 0 Å². The van der Waals surface area contributed by atoms with Crippen molar-refractivity contribution >= 4 is 11.6 Å². The summed E-state index contributed by atoms with van der Waals surface area (Å²) in [6.45, 7) is 5.75. The summed E-state index contributed by atoms with van der Waals surface area (Å²) >= 11 is 0. The third kappa shape index (κ3) is 3.56. The van der Waals surface area contributed by atoms with Crippen molar-refractivity contribution < 1.29 is 9.72 Å². The first-order valence-corrected chi connectivity index (χ1v) is 7.54. The molecule has 0 unspecified atom stereocenters. The van der Waals surface area contributed by atoms with Crippen molar-refractivity contribution in [2.45, 2.75) is 32.9 Å². The summed E-state index contributed by atoms with van der Waals surface area (Å²) in [5.41, 5.74) is 0.950. The molecule has 0 saturated carbocycles. The predicted molar refractivity (Wildman–Crippen MR) is 89.3 cm³/mol. The summed E-state index contributed by atoms with van der Waals surface area (Å²) in [4.78, 5) is 25.3. The minimum absolute atomic E-state index is 0.0856. The SMILES string of the molecule is CC(C)N(C(=O)c1ccccc1[N+](=O)[O-])[C@@H](C)c1ccccc1. The highest BCUT2D eigenvalue weighted by atomic mass is 16.6. The molecule has 0 fully saturated rings. The van der Waals surface area contributed by atoms with E-state index in [9.17, 15) is 14.9 Å². The van der Waals surface area contributed by atoms with E-state index in [1.807, 2.05) is 51.1 Å². The van der Waals surface area contributed by atoms with E-state index in [0.717, 1.165) is 5.56 Å². The Morgan fingerprint density at radius 1 is 1.00 bits per heavy atom. The van der Waals surface area contributed by atoms with Crippen LogP contribution in [0.3, 0.4) is 0 Å². The van der Waals surface area contributed by atoms with Crippen molar-refractivity contribution in [1.29, 1.82) is 0 Å². The molecule has 1 amide bonds. The Morgan fingerprint density at radius 3 is 2.13 bits per heavy atom. The quantitative estimate of drug-likeness (QED) is 0.614. The Kier molecular flexibility index (Phi) is 5.11. The van der Waals surface area contributed by atoms with E-state index in [1.165, 1.54) is 12.1 Å². The third-order valence-electron chi connectivity index (χ3n) is 3.82. The first-order valence-electron chi connectivity index (χ1n) is 7.54. The van der Waals surface area contributed by atoms with E-state index in [0.29, 0.717) is 0 Å². The Bertz CT molecular complexity index is 698. The second kappa shape index (κ2) is 7.05. The molecule has 1 atom stereocenters. The number of carbonyl (C=O) groups excluding carboxylic acids is 1. The van der Waals surface area contributed by atoms with Gasteiger partial charge in [0.25, 0.3) is 11.6 Å². The molecule has 0 bridgehead atoms. The smallest absolute Gasteiger partial charge is 0.282 e. The summed E-state index contributed by atoms with van der Waals surface area (Å²) in [7, 11) is 0. The van der Waals surface area contributed by atoms with Crippen molar-refractivity contribution in [2.75, 3.05) is 0 Å². The van der Waals surface area contributed by atoms with Crippen LogP contribution in [-0.4, -0.2) is 21.8 Å². The lowest BCUT2D eigenvalue weighted by atomic mass is 10.0. The van der Waals surface area contributed by atoms with E-state index in [2.05, 4.69) is 0 Å². The second-order valence-electron chi connectivity index (χ2n) is 5.67. The highest BCUT2D eigenvalue weighted by Crippen LogP contribution is 2.27. The molecule has 5 heteroatoms. The fourth-order valence-corrected chi connectivity index (χ4v) is 2.70.